The molecule has 0 radical (unpaired) electrons. The maximum Gasteiger partial charge on any atom is 0.416 e. The minimum absolute atomic E-state index is 0.237. The molecule has 0 amide bonds. The average Bonchev–Trinajstić information content (AvgIpc) is 0.810. The molecule has 0 saturated carbocycles. The minimum atomic E-state index is -4.32. The molecular formula is C91H128F6O5. The second kappa shape index (κ2) is 41.0. The van der Waals surface area contributed by atoms with E-state index in [1.54, 1.807) is 47.3 Å². The number of aryl methyl sites for hydroxylation is 12. The van der Waals surface area contributed by atoms with Crippen molar-refractivity contribution >= 4 is 0 Å². The highest BCUT2D eigenvalue weighted by molar-refractivity contribution is 5.47. The summed E-state index contributed by atoms with van der Waals surface area (Å²) >= 11 is 0. The number of hydrogen-bond donors (Lipinski definition) is 0. The van der Waals surface area contributed by atoms with Gasteiger partial charge in [0.1, 0.15) is 28.7 Å². The molecule has 0 N–H and O–H groups in total. The summed E-state index contributed by atoms with van der Waals surface area (Å²) in [6.07, 6.45) is -8.63. The monoisotopic (exact) mass is 1410 g/mol. The van der Waals surface area contributed by atoms with Crippen LogP contribution in [0.3, 0.4) is 0 Å². The zero-order valence-corrected chi connectivity index (χ0v) is 69.4. The number of benzene rings is 8. The second-order valence-corrected chi connectivity index (χ2v) is 29.6. The number of rotatable bonds is 9. The maximum atomic E-state index is 12.5. The van der Waals surface area contributed by atoms with Crippen LogP contribution in [0.1, 0.15) is 250 Å². The summed E-state index contributed by atoms with van der Waals surface area (Å²) < 4.78 is 100. The fraction of sp³-hybridized carbons (Fsp3) is 0.473. The molecule has 102 heavy (non-hydrogen) atoms. The van der Waals surface area contributed by atoms with Crippen molar-refractivity contribution in [3.05, 3.63) is 247 Å². The van der Waals surface area contributed by atoms with Crippen molar-refractivity contribution in [1.29, 1.82) is 0 Å². The molecule has 0 heterocycles. The van der Waals surface area contributed by atoms with Crippen LogP contribution in [0.15, 0.2) is 97.1 Å². The van der Waals surface area contributed by atoms with Gasteiger partial charge in [-0.3, -0.25) is 0 Å². The predicted octanol–water partition coefficient (Wildman–Crippen LogP) is 27.5. The highest BCUT2D eigenvalue weighted by atomic mass is 19.4. The van der Waals surface area contributed by atoms with Gasteiger partial charge in [0.25, 0.3) is 0 Å². The molecule has 0 aliphatic carbocycles. The van der Waals surface area contributed by atoms with Gasteiger partial charge in [-0.05, 0) is 362 Å². The average molecular weight is 1420 g/mol. The quantitative estimate of drug-likeness (QED) is 0.135. The Kier molecular flexibility index (Phi) is 37.1. The van der Waals surface area contributed by atoms with Crippen LogP contribution in [0.2, 0.25) is 0 Å². The van der Waals surface area contributed by atoms with Gasteiger partial charge in [-0.1, -0.05) is 118 Å². The van der Waals surface area contributed by atoms with Crippen LogP contribution in [0.25, 0.3) is 0 Å². The van der Waals surface area contributed by atoms with Crippen molar-refractivity contribution in [2.24, 2.45) is 0 Å². The molecule has 0 aliphatic heterocycles. The van der Waals surface area contributed by atoms with Gasteiger partial charge in [-0.15, -0.1) is 0 Å². The van der Waals surface area contributed by atoms with E-state index in [1.807, 2.05) is 0 Å². The van der Waals surface area contributed by atoms with Crippen molar-refractivity contribution in [3.63, 3.8) is 0 Å². The summed E-state index contributed by atoms with van der Waals surface area (Å²) in [5.74, 6) is 5.76. The predicted molar refractivity (Wildman–Crippen MR) is 424 cm³/mol. The first-order chi connectivity index (χ1) is 46.8. The molecule has 0 aliphatic rings. The molecule has 11 heteroatoms. The smallest absolute Gasteiger partial charge is 0.416 e. The van der Waals surface area contributed by atoms with E-state index < -0.39 is 23.5 Å². The van der Waals surface area contributed by atoms with Crippen LogP contribution in [0.5, 0.6) is 28.7 Å². The first-order valence-corrected chi connectivity index (χ1v) is 35.5. The van der Waals surface area contributed by atoms with E-state index in [1.165, 1.54) is 145 Å². The van der Waals surface area contributed by atoms with Crippen molar-refractivity contribution in [2.75, 3.05) is 35.5 Å². The zero-order chi connectivity index (χ0) is 79.1. The van der Waals surface area contributed by atoms with Gasteiger partial charge in [0.15, 0.2) is 0 Å². The van der Waals surface area contributed by atoms with Gasteiger partial charge >= 0.3 is 12.4 Å². The van der Waals surface area contributed by atoms with E-state index in [-0.39, 0.29) is 28.0 Å². The van der Waals surface area contributed by atoms with Crippen LogP contribution in [-0.4, -0.2) is 35.5 Å². The Hall–Kier alpha value is -7.66. The van der Waals surface area contributed by atoms with Crippen LogP contribution in [0.4, 0.5) is 26.3 Å². The molecule has 0 aromatic heterocycles. The fourth-order valence-corrected chi connectivity index (χ4v) is 11.3. The van der Waals surface area contributed by atoms with Gasteiger partial charge in [0.05, 0.1) is 46.7 Å². The Morgan fingerprint density at radius 2 is 0.461 bits per heavy atom. The Balaban J connectivity index is 0.000000583. The molecule has 564 valence electrons. The largest absolute Gasteiger partial charge is 0.497 e. The van der Waals surface area contributed by atoms with E-state index in [2.05, 4.69) is 260 Å². The third-order valence-corrected chi connectivity index (χ3v) is 19.5. The van der Waals surface area contributed by atoms with Crippen molar-refractivity contribution < 1.29 is 50.0 Å². The molecule has 0 bridgehead atoms. The second-order valence-electron chi connectivity index (χ2n) is 29.6. The standard InChI is InChI=1S/C13H20.2C12H18O.2C12H18.2C10H11F3O.C10H14O/c1-9-7-12(13(4,5)6)8-10(2)11(9)3;2*1-8(2)12-7-11(13-5)6-9(3)10(12)4;1-8(2)12-6-9(3)11(5)10(4)7-12;1-8(2)12-7-9(3)6-10(4)11(12)5;2*1-6-4-8(14-3)5-9(7(6)2)10(11,12)13;1-7-5-10(11-4)6-8(2)9(7)3/h7-8H,1-6H3;2*6-8H,1-5H3;2*6-8H,1-5H3;2*4-5H,1-3H3;5-6H,1-4H3. The molecule has 8 aromatic rings. The molecular weight excluding hydrogens is 1290 g/mol. The number of ether oxygens (including phenoxy) is 5. The highest BCUT2D eigenvalue weighted by Gasteiger charge is 2.34. The third-order valence-electron chi connectivity index (χ3n) is 19.5. The molecule has 8 aromatic carbocycles. The van der Waals surface area contributed by atoms with E-state index in [9.17, 15) is 26.3 Å². The van der Waals surface area contributed by atoms with Crippen LogP contribution >= 0.6 is 0 Å². The molecule has 0 fully saturated rings. The summed E-state index contributed by atoms with van der Waals surface area (Å²) in [7, 11) is 7.83. The Labute approximate surface area is 614 Å². The minimum Gasteiger partial charge on any atom is -0.497 e. The van der Waals surface area contributed by atoms with E-state index >= 15 is 0 Å². The first-order valence-electron chi connectivity index (χ1n) is 35.5. The van der Waals surface area contributed by atoms with Crippen LogP contribution in [-0.2, 0) is 17.8 Å². The number of alkyl halides is 6. The molecule has 0 spiro atoms. The lowest BCUT2D eigenvalue weighted by Crippen LogP contribution is -2.12. The molecule has 0 saturated heterocycles. The maximum absolute atomic E-state index is 12.5. The highest BCUT2D eigenvalue weighted by Crippen LogP contribution is 2.38. The van der Waals surface area contributed by atoms with E-state index in [4.69, 9.17) is 23.7 Å². The van der Waals surface area contributed by atoms with Gasteiger partial charge in [0, 0.05) is 0 Å². The topological polar surface area (TPSA) is 46.2 Å². The SMILES string of the molecule is COc1cc(C)c(C)c(C(C)C)c1.COc1cc(C)c(C)c(C(C)C)c1.COc1cc(C)c(C)c(C(F)(F)F)c1.COc1cc(C)c(C)c(C(F)(F)F)c1.COc1cc(C)c(C)c(C)c1.Cc1cc(C(C)(C)C)cc(C)c1C.Cc1cc(C(C)C)cc(C)c1C.Cc1cc(C)c(C)c(C(C)C)c1. The lowest BCUT2D eigenvalue weighted by atomic mass is 9.84. The van der Waals surface area contributed by atoms with Crippen LogP contribution < -0.4 is 23.7 Å². The Bertz CT molecular complexity index is 3780. The summed E-state index contributed by atoms with van der Waals surface area (Å²) in [5, 5.41) is 0. The van der Waals surface area contributed by atoms with Crippen molar-refractivity contribution in [1.82, 2.24) is 0 Å². The van der Waals surface area contributed by atoms with Gasteiger partial charge < -0.3 is 23.7 Å². The van der Waals surface area contributed by atoms with Crippen molar-refractivity contribution in [3.8, 4) is 28.7 Å². The van der Waals surface area contributed by atoms with Crippen LogP contribution in [0, 0.1) is 138 Å². The van der Waals surface area contributed by atoms with E-state index in [0.29, 0.717) is 34.8 Å². The Morgan fingerprint density at radius 3 is 0.706 bits per heavy atom. The molecule has 0 unspecified atom stereocenters. The molecule has 5 nitrogen and oxygen atoms in total. The number of methoxy groups -OCH3 is 5. The fourth-order valence-electron chi connectivity index (χ4n) is 11.3. The Morgan fingerprint density at radius 1 is 0.245 bits per heavy atom. The number of halogens is 6. The summed E-state index contributed by atoms with van der Waals surface area (Å²) in [5.41, 5.74) is 29.9. The third kappa shape index (κ3) is 28.5. The normalized spacial score (nSPS) is 11.0. The van der Waals surface area contributed by atoms with Crippen molar-refractivity contribution in [2.45, 2.75) is 256 Å². The first kappa shape index (κ1) is 92.4. The summed E-state index contributed by atoms with van der Waals surface area (Å²) in [6.45, 7) is 65.4. The van der Waals surface area contributed by atoms with E-state index in [0.717, 1.165) is 29.4 Å². The van der Waals surface area contributed by atoms with Gasteiger partial charge in [-0.25, -0.2) is 0 Å². The van der Waals surface area contributed by atoms with Gasteiger partial charge in [0.2, 0.25) is 0 Å². The summed E-state index contributed by atoms with van der Waals surface area (Å²) in [6, 6.07) is 31.5. The summed E-state index contributed by atoms with van der Waals surface area (Å²) in [4.78, 5) is 0. The number of hydrogen-bond acceptors (Lipinski definition) is 5. The molecule has 8 rings (SSSR count). The molecule has 0 atom stereocenters. The van der Waals surface area contributed by atoms with Gasteiger partial charge in [-0.2, -0.15) is 26.3 Å². The lowest BCUT2D eigenvalue weighted by molar-refractivity contribution is -0.139. The zero-order valence-electron chi connectivity index (χ0n) is 69.4. The lowest BCUT2D eigenvalue weighted by Gasteiger charge is -2.21.